The van der Waals surface area contributed by atoms with E-state index >= 15 is 0 Å². The zero-order chi connectivity index (χ0) is 25.9. The topological polar surface area (TPSA) is 139 Å². The number of nitrogens with one attached hydrogen (secondary N) is 2. The fraction of sp³-hybridized carbons (Fsp3) is 0. The van der Waals surface area contributed by atoms with Crippen molar-refractivity contribution in [2.45, 2.75) is 4.90 Å². The molecule has 0 spiro atoms. The number of rotatable bonds is 7. The molecule has 0 aliphatic carbocycles. The summed E-state index contributed by atoms with van der Waals surface area (Å²) in [5, 5.41) is 24.0. The number of nitro groups is 1. The van der Waals surface area contributed by atoms with Crippen LogP contribution >= 0.6 is 0 Å². The first-order chi connectivity index (χ1) is 17.1. The lowest BCUT2D eigenvalue weighted by molar-refractivity contribution is -0.384. The summed E-state index contributed by atoms with van der Waals surface area (Å²) < 4.78 is 40.4. The Balaban J connectivity index is 1.52. The van der Waals surface area contributed by atoms with Crippen LogP contribution in [0.25, 0.3) is 11.1 Å². The van der Waals surface area contributed by atoms with E-state index in [4.69, 9.17) is 0 Å². The molecule has 3 N–H and O–H groups in total. The molecule has 4 rings (SSSR count). The Bertz CT molecular complexity index is 1560. The van der Waals surface area contributed by atoms with Crippen molar-refractivity contribution in [3.05, 3.63) is 112 Å². The molecule has 0 bridgehead atoms. The maximum Gasteiger partial charge on any atom is 0.277 e. The van der Waals surface area contributed by atoms with E-state index in [1.807, 2.05) is 0 Å². The van der Waals surface area contributed by atoms with Gasteiger partial charge in [0.15, 0.2) is 0 Å². The van der Waals surface area contributed by atoms with Crippen LogP contribution < -0.4 is 10.0 Å². The van der Waals surface area contributed by atoms with Gasteiger partial charge in [0.25, 0.3) is 21.6 Å². The number of nitro benzene ring substituents is 1. The second-order valence-corrected chi connectivity index (χ2v) is 9.28. The Labute approximate surface area is 205 Å². The van der Waals surface area contributed by atoms with Crippen molar-refractivity contribution in [1.82, 2.24) is 0 Å². The Hall–Kier alpha value is -4.77. The van der Waals surface area contributed by atoms with Crippen LogP contribution in [0.4, 0.5) is 21.5 Å². The second-order valence-electron chi connectivity index (χ2n) is 7.60. The predicted molar refractivity (Wildman–Crippen MR) is 132 cm³/mol. The minimum atomic E-state index is -4.13. The smallest absolute Gasteiger partial charge is 0.277 e. The van der Waals surface area contributed by atoms with Gasteiger partial charge in [0, 0.05) is 17.3 Å². The van der Waals surface area contributed by atoms with E-state index in [0.717, 1.165) is 24.3 Å². The fourth-order valence-corrected chi connectivity index (χ4v) is 4.46. The molecule has 0 unspecified atom stereocenters. The van der Waals surface area contributed by atoms with Gasteiger partial charge in [-0.05, 0) is 66.2 Å². The first-order valence-electron chi connectivity index (χ1n) is 10.4. The van der Waals surface area contributed by atoms with Gasteiger partial charge in [0.2, 0.25) is 0 Å². The van der Waals surface area contributed by atoms with Gasteiger partial charge in [0.1, 0.15) is 11.6 Å². The number of nitrogens with zero attached hydrogens (tertiary/aromatic N) is 1. The number of amides is 1. The summed E-state index contributed by atoms with van der Waals surface area (Å²) in [5.74, 6) is -1.51. The molecule has 0 saturated carbocycles. The lowest BCUT2D eigenvalue weighted by Crippen LogP contribution is -2.14. The van der Waals surface area contributed by atoms with Crippen molar-refractivity contribution in [2.75, 3.05) is 10.0 Å². The fourth-order valence-electron chi connectivity index (χ4n) is 3.39. The van der Waals surface area contributed by atoms with Crippen molar-refractivity contribution >= 4 is 33.0 Å². The summed E-state index contributed by atoms with van der Waals surface area (Å²) in [4.78, 5) is 23.3. The van der Waals surface area contributed by atoms with E-state index in [1.54, 1.807) is 30.3 Å². The zero-order valence-electron chi connectivity index (χ0n) is 18.4. The van der Waals surface area contributed by atoms with Crippen LogP contribution in [0.3, 0.4) is 0 Å². The maximum atomic E-state index is 13.1. The number of phenolic OH excluding ortho intramolecular Hbond substituents is 1. The number of carbonyl (C=O) groups is 1. The highest BCUT2D eigenvalue weighted by Gasteiger charge is 2.18. The molecule has 4 aromatic carbocycles. The summed E-state index contributed by atoms with van der Waals surface area (Å²) in [5.41, 5.74) is 1.15. The molecule has 9 nitrogen and oxygen atoms in total. The Morgan fingerprint density at radius 3 is 2.25 bits per heavy atom. The molecule has 11 heteroatoms. The monoisotopic (exact) mass is 507 g/mol. The first kappa shape index (κ1) is 24.4. The van der Waals surface area contributed by atoms with Gasteiger partial charge in [-0.1, -0.05) is 24.3 Å². The van der Waals surface area contributed by atoms with Crippen molar-refractivity contribution in [3.63, 3.8) is 0 Å². The number of hydrogen-bond donors (Lipinski definition) is 3. The lowest BCUT2D eigenvalue weighted by atomic mass is 10.0. The van der Waals surface area contributed by atoms with Crippen molar-refractivity contribution in [1.29, 1.82) is 0 Å². The molecule has 0 aliphatic rings. The normalized spacial score (nSPS) is 11.0. The van der Waals surface area contributed by atoms with Crippen molar-refractivity contribution < 1.29 is 27.6 Å². The SMILES string of the molecule is O=C(Nc1ccc(O)c(NS(=O)(=O)c2ccc(F)cc2)c1)c1ccc(-c2ccccc2[N+](=O)[O-])cc1. The minimum Gasteiger partial charge on any atom is -0.506 e. The Morgan fingerprint density at radius 1 is 0.917 bits per heavy atom. The van der Waals surface area contributed by atoms with Gasteiger partial charge < -0.3 is 10.4 Å². The van der Waals surface area contributed by atoms with Gasteiger partial charge in [-0.3, -0.25) is 19.6 Å². The number of carbonyl (C=O) groups excluding carboxylic acids is 1. The molecule has 182 valence electrons. The number of anilines is 2. The highest BCUT2D eigenvalue weighted by atomic mass is 32.2. The van der Waals surface area contributed by atoms with Crippen LogP contribution in [0.5, 0.6) is 5.75 Å². The van der Waals surface area contributed by atoms with Gasteiger partial charge in [-0.15, -0.1) is 0 Å². The van der Waals surface area contributed by atoms with Crippen LogP contribution in [0.1, 0.15) is 10.4 Å². The average Bonchev–Trinajstić information content (AvgIpc) is 2.86. The number of aromatic hydroxyl groups is 1. The molecule has 1 amide bonds. The summed E-state index contributed by atoms with van der Waals surface area (Å²) in [7, 11) is -4.13. The van der Waals surface area contributed by atoms with Crippen LogP contribution in [-0.2, 0) is 10.0 Å². The molecule has 0 fully saturated rings. The minimum absolute atomic E-state index is 0.0607. The second kappa shape index (κ2) is 9.84. The van der Waals surface area contributed by atoms with Crippen molar-refractivity contribution in [2.24, 2.45) is 0 Å². The number of benzene rings is 4. The number of para-hydroxylation sites is 1. The van der Waals surface area contributed by atoms with E-state index in [0.29, 0.717) is 11.1 Å². The third kappa shape index (κ3) is 5.31. The van der Waals surface area contributed by atoms with E-state index < -0.39 is 26.7 Å². The summed E-state index contributed by atoms with van der Waals surface area (Å²) in [6.45, 7) is 0. The van der Waals surface area contributed by atoms with E-state index in [1.165, 1.54) is 36.4 Å². The van der Waals surface area contributed by atoms with E-state index in [-0.39, 0.29) is 33.3 Å². The van der Waals surface area contributed by atoms with Gasteiger partial charge >= 0.3 is 0 Å². The number of hydrogen-bond acceptors (Lipinski definition) is 6. The molecule has 0 aromatic heterocycles. The van der Waals surface area contributed by atoms with Gasteiger partial charge in [-0.2, -0.15) is 0 Å². The molecule has 0 radical (unpaired) electrons. The van der Waals surface area contributed by atoms with Crippen molar-refractivity contribution in [3.8, 4) is 16.9 Å². The van der Waals surface area contributed by atoms with Crippen LogP contribution in [-0.4, -0.2) is 24.4 Å². The molecule has 0 heterocycles. The highest BCUT2D eigenvalue weighted by molar-refractivity contribution is 7.92. The molecule has 4 aromatic rings. The standard InChI is InChI=1S/C25H18FN3O6S/c26-18-9-12-20(13-10-18)36(34,35)28-22-15-19(11-14-24(22)30)27-25(31)17-7-5-16(6-8-17)21-3-1-2-4-23(21)29(32)33/h1-15,28,30H,(H,27,31). The van der Waals surface area contributed by atoms with Crippen LogP contribution in [0.15, 0.2) is 95.9 Å². The van der Waals surface area contributed by atoms with Crippen LogP contribution in [0, 0.1) is 15.9 Å². The number of sulfonamides is 1. The largest absolute Gasteiger partial charge is 0.506 e. The predicted octanol–water partition coefficient (Wildman–Crippen LogP) is 5.16. The quantitative estimate of drug-likeness (QED) is 0.137. The Morgan fingerprint density at radius 2 is 1.58 bits per heavy atom. The molecule has 0 saturated heterocycles. The molecule has 0 atom stereocenters. The van der Waals surface area contributed by atoms with Gasteiger partial charge in [0.05, 0.1) is 21.1 Å². The molecule has 36 heavy (non-hydrogen) atoms. The lowest BCUT2D eigenvalue weighted by Gasteiger charge is -2.12. The van der Waals surface area contributed by atoms with Gasteiger partial charge in [-0.25, -0.2) is 12.8 Å². The maximum absolute atomic E-state index is 13.1. The third-order valence-electron chi connectivity index (χ3n) is 5.18. The Kier molecular flexibility index (Phi) is 6.66. The summed E-state index contributed by atoms with van der Waals surface area (Å²) >= 11 is 0. The third-order valence-corrected chi connectivity index (χ3v) is 6.56. The number of halogens is 1. The average molecular weight is 507 g/mol. The molecule has 0 aliphatic heterocycles. The molecular weight excluding hydrogens is 489 g/mol. The summed E-state index contributed by atoms with van der Waals surface area (Å²) in [6.07, 6.45) is 0. The first-order valence-corrected chi connectivity index (χ1v) is 11.9. The highest BCUT2D eigenvalue weighted by Crippen LogP contribution is 2.31. The number of phenols is 1. The van der Waals surface area contributed by atoms with Crippen LogP contribution in [0.2, 0.25) is 0 Å². The van der Waals surface area contributed by atoms with E-state index in [9.17, 15) is 32.8 Å². The van der Waals surface area contributed by atoms with E-state index in [2.05, 4.69) is 10.0 Å². The zero-order valence-corrected chi connectivity index (χ0v) is 19.2. The summed E-state index contributed by atoms with van der Waals surface area (Å²) in [6, 6.07) is 20.4. The molecular formula is C25H18FN3O6S.